The van der Waals surface area contributed by atoms with Gasteiger partial charge in [-0.1, -0.05) is 13.3 Å². The third-order valence-electron chi connectivity index (χ3n) is 2.95. The molecule has 1 heterocycles. The number of aromatic nitrogens is 1. The summed E-state index contributed by atoms with van der Waals surface area (Å²) in [6, 6.07) is 4.08. The Balaban J connectivity index is 2.71. The maximum atomic E-state index is 12.3. The van der Waals surface area contributed by atoms with Crippen LogP contribution in [0.2, 0.25) is 0 Å². The van der Waals surface area contributed by atoms with Gasteiger partial charge in [-0.3, -0.25) is 0 Å². The average Bonchev–Trinajstić information content (AvgIpc) is 2.67. The molecule has 1 rings (SSSR count). The molecule has 0 unspecified atom stereocenters. The number of urea groups is 1. The van der Waals surface area contributed by atoms with Crippen molar-refractivity contribution in [3.05, 3.63) is 24.0 Å². The normalized spacial score (nSPS) is 11.4. The van der Waals surface area contributed by atoms with Crippen molar-refractivity contribution < 1.29 is 4.79 Å². The summed E-state index contributed by atoms with van der Waals surface area (Å²) in [5, 5.41) is 3.04. The zero-order valence-corrected chi connectivity index (χ0v) is 12.9. The number of amides is 2. The quantitative estimate of drug-likeness (QED) is 0.872. The molecular formula is C15H27N3O. The molecule has 0 saturated heterocycles. The van der Waals surface area contributed by atoms with E-state index in [0.717, 1.165) is 25.1 Å². The number of hydrogen-bond acceptors (Lipinski definition) is 1. The molecule has 0 aliphatic heterocycles. The summed E-state index contributed by atoms with van der Waals surface area (Å²) in [5.74, 6) is 0. The smallest absolute Gasteiger partial charge is 0.318 e. The first kappa shape index (κ1) is 15.6. The van der Waals surface area contributed by atoms with Crippen molar-refractivity contribution in [3.63, 3.8) is 0 Å². The van der Waals surface area contributed by atoms with Crippen LogP contribution >= 0.6 is 0 Å². The van der Waals surface area contributed by atoms with E-state index < -0.39 is 0 Å². The molecule has 0 saturated carbocycles. The van der Waals surface area contributed by atoms with E-state index in [1.165, 1.54) is 0 Å². The van der Waals surface area contributed by atoms with E-state index in [-0.39, 0.29) is 11.6 Å². The van der Waals surface area contributed by atoms with Crippen LogP contribution in [0.4, 0.5) is 4.79 Å². The lowest BCUT2D eigenvalue weighted by atomic mass is 10.1. The van der Waals surface area contributed by atoms with Gasteiger partial charge in [-0.15, -0.1) is 0 Å². The van der Waals surface area contributed by atoms with Gasteiger partial charge in [0.15, 0.2) is 0 Å². The Kier molecular flexibility index (Phi) is 5.45. The summed E-state index contributed by atoms with van der Waals surface area (Å²) >= 11 is 0. The molecular weight excluding hydrogens is 238 g/mol. The van der Waals surface area contributed by atoms with Gasteiger partial charge in [0.2, 0.25) is 0 Å². The lowest BCUT2D eigenvalue weighted by molar-refractivity contribution is 0.184. The fourth-order valence-corrected chi connectivity index (χ4v) is 1.86. The molecule has 1 aromatic heterocycles. The van der Waals surface area contributed by atoms with Gasteiger partial charge in [-0.05, 0) is 39.3 Å². The fourth-order valence-electron chi connectivity index (χ4n) is 1.86. The van der Waals surface area contributed by atoms with Crippen molar-refractivity contribution in [1.29, 1.82) is 0 Å². The molecule has 0 radical (unpaired) electrons. The van der Waals surface area contributed by atoms with Crippen LogP contribution in [0.1, 0.15) is 46.2 Å². The molecule has 0 atom stereocenters. The Morgan fingerprint density at radius 1 is 1.42 bits per heavy atom. The van der Waals surface area contributed by atoms with Crippen LogP contribution in [-0.4, -0.2) is 27.6 Å². The van der Waals surface area contributed by atoms with Gasteiger partial charge in [0, 0.05) is 31.0 Å². The second kappa shape index (κ2) is 6.64. The van der Waals surface area contributed by atoms with E-state index in [9.17, 15) is 4.79 Å². The van der Waals surface area contributed by atoms with E-state index >= 15 is 0 Å². The summed E-state index contributed by atoms with van der Waals surface area (Å²) in [7, 11) is 2.01. The Hall–Kier alpha value is -1.45. The van der Waals surface area contributed by atoms with Crippen molar-refractivity contribution in [2.75, 3.05) is 6.54 Å². The van der Waals surface area contributed by atoms with Crippen molar-refractivity contribution in [1.82, 2.24) is 14.8 Å². The minimum absolute atomic E-state index is 0.0159. The van der Waals surface area contributed by atoms with Crippen LogP contribution in [0.3, 0.4) is 0 Å². The molecule has 2 amide bonds. The molecule has 0 fully saturated rings. The van der Waals surface area contributed by atoms with Crippen LogP contribution in [0.15, 0.2) is 18.3 Å². The molecule has 0 aliphatic carbocycles. The maximum absolute atomic E-state index is 12.3. The number of nitrogens with zero attached hydrogens (tertiary/aromatic N) is 2. The molecule has 1 N–H and O–H groups in total. The number of nitrogens with one attached hydrogen (secondary N) is 1. The average molecular weight is 265 g/mol. The van der Waals surface area contributed by atoms with Crippen LogP contribution in [-0.2, 0) is 13.6 Å². The first-order chi connectivity index (χ1) is 8.83. The van der Waals surface area contributed by atoms with E-state index in [0.29, 0.717) is 6.54 Å². The molecule has 4 nitrogen and oxygen atoms in total. The minimum atomic E-state index is -0.199. The van der Waals surface area contributed by atoms with E-state index in [4.69, 9.17) is 0 Å². The highest BCUT2D eigenvalue weighted by molar-refractivity contribution is 5.74. The number of unbranched alkanes of at least 4 members (excludes halogenated alkanes) is 1. The molecule has 1 aromatic rings. The first-order valence-corrected chi connectivity index (χ1v) is 7.01. The van der Waals surface area contributed by atoms with Crippen molar-refractivity contribution >= 4 is 6.03 Å². The van der Waals surface area contributed by atoms with Crippen molar-refractivity contribution in [2.45, 2.75) is 52.6 Å². The zero-order chi connectivity index (χ0) is 14.5. The Morgan fingerprint density at radius 2 is 2.11 bits per heavy atom. The highest BCUT2D eigenvalue weighted by atomic mass is 16.2. The van der Waals surface area contributed by atoms with E-state index in [1.54, 1.807) is 0 Å². The molecule has 108 valence electrons. The van der Waals surface area contributed by atoms with Gasteiger partial charge in [0.1, 0.15) is 0 Å². The molecule has 19 heavy (non-hydrogen) atoms. The number of hydrogen-bond donors (Lipinski definition) is 1. The monoisotopic (exact) mass is 265 g/mol. The van der Waals surface area contributed by atoms with Crippen LogP contribution in [0.25, 0.3) is 0 Å². The number of rotatable bonds is 5. The summed E-state index contributed by atoms with van der Waals surface area (Å²) in [4.78, 5) is 14.2. The second-order valence-corrected chi connectivity index (χ2v) is 6.07. The van der Waals surface area contributed by atoms with Crippen molar-refractivity contribution in [3.8, 4) is 0 Å². The fraction of sp³-hybridized carbons (Fsp3) is 0.667. The highest BCUT2D eigenvalue weighted by Gasteiger charge is 2.20. The lowest BCUT2D eigenvalue weighted by Gasteiger charge is -2.28. The molecule has 0 aromatic carbocycles. The highest BCUT2D eigenvalue weighted by Crippen LogP contribution is 2.09. The standard InChI is InChI=1S/C15H27N3O/c1-6-7-11-18(14(19)16-15(2,3)4)12-13-9-8-10-17(13)5/h8-10H,6-7,11-12H2,1-5H3,(H,16,19). The maximum Gasteiger partial charge on any atom is 0.318 e. The van der Waals surface area contributed by atoms with E-state index in [1.807, 2.05) is 45.0 Å². The summed E-state index contributed by atoms with van der Waals surface area (Å²) in [6.45, 7) is 9.61. The van der Waals surface area contributed by atoms with Crippen molar-refractivity contribution in [2.24, 2.45) is 7.05 Å². The summed E-state index contributed by atoms with van der Waals surface area (Å²) < 4.78 is 2.06. The Morgan fingerprint density at radius 3 is 2.58 bits per heavy atom. The SMILES string of the molecule is CCCCN(Cc1cccn1C)C(=O)NC(C)(C)C. The number of carbonyl (C=O) groups is 1. The van der Waals surface area contributed by atoms with Crippen LogP contribution in [0.5, 0.6) is 0 Å². The third-order valence-corrected chi connectivity index (χ3v) is 2.95. The van der Waals surface area contributed by atoms with Crippen LogP contribution in [0, 0.1) is 0 Å². The van der Waals surface area contributed by atoms with E-state index in [2.05, 4.69) is 22.9 Å². The number of carbonyl (C=O) groups excluding carboxylic acids is 1. The largest absolute Gasteiger partial charge is 0.353 e. The van der Waals surface area contributed by atoms with Gasteiger partial charge in [-0.25, -0.2) is 4.79 Å². The Labute approximate surface area is 116 Å². The van der Waals surface area contributed by atoms with Gasteiger partial charge < -0.3 is 14.8 Å². The molecule has 4 heteroatoms. The minimum Gasteiger partial charge on any atom is -0.353 e. The zero-order valence-electron chi connectivity index (χ0n) is 12.9. The predicted octanol–water partition coefficient (Wildman–Crippen LogP) is 3.14. The van der Waals surface area contributed by atoms with Gasteiger partial charge >= 0.3 is 6.03 Å². The predicted molar refractivity (Wildman–Crippen MR) is 79.0 cm³/mol. The molecule has 0 spiro atoms. The van der Waals surface area contributed by atoms with Gasteiger partial charge in [0.25, 0.3) is 0 Å². The van der Waals surface area contributed by atoms with Gasteiger partial charge in [0.05, 0.1) is 6.54 Å². The topological polar surface area (TPSA) is 37.3 Å². The number of aryl methyl sites for hydroxylation is 1. The first-order valence-electron chi connectivity index (χ1n) is 7.01. The van der Waals surface area contributed by atoms with Crippen LogP contribution < -0.4 is 5.32 Å². The third kappa shape index (κ3) is 5.37. The lowest BCUT2D eigenvalue weighted by Crippen LogP contribution is -2.48. The van der Waals surface area contributed by atoms with Gasteiger partial charge in [-0.2, -0.15) is 0 Å². The molecule has 0 bridgehead atoms. The molecule has 0 aliphatic rings. The summed E-state index contributed by atoms with van der Waals surface area (Å²) in [5.41, 5.74) is 0.954. The summed E-state index contributed by atoms with van der Waals surface area (Å²) in [6.07, 6.45) is 4.13. The second-order valence-electron chi connectivity index (χ2n) is 6.07. The Bertz CT molecular complexity index is 404.